The predicted molar refractivity (Wildman–Crippen MR) is 82.1 cm³/mol. The van der Waals surface area contributed by atoms with E-state index < -0.39 is 4.92 Å². The maximum Gasteiger partial charge on any atom is 0.353 e. The lowest BCUT2D eigenvalue weighted by atomic mass is 10.3. The average Bonchev–Trinajstić information content (AvgIpc) is 2.52. The number of nitrogen functional groups attached to an aromatic ring is 1. The third-order valence-electron chi connectivity index (χ3n) is 3.74. The van der Waals surface area contributed by atoms with Crippen molar-refractivity contribution in [3.8, 4) is 0 Å². The molecule has 1 aliphatic rings. The lowest BCUT2D eigenvalue weighted by Gasteiger charge is -2.32. The number of nitro groups is 1. The molecule has 0 atom stereocenters. The Morgan fingerprint density at radius 1 is 1.45 bits per heavy atom. The van der Waals surface area contributed by atoms with Crippen LogP contribution in [0.4, 0.5) is 23.3 Å². The van der Waals surface area contributed by atoms with Crippen molar-refractivity contribution in [3.63, 3.8) is 0 Å². The minimum atomic E-state index is -0.542. The molecule has 0 unspecified atom stereocenters. The van der Waals surface area contributed by atoms with Gasteiger partial charge in [-0.05, 0) is 6.92 Å². The highest BCUT2D eigenvalue weighted by molar-refractivity contribution is 5.71. The second kappa shape index (κ2) is 7.18. The van der Waals surface area contributed by atoms with Gasteiger partial charge in [0.1, 0.15) is 0 Å². The summed E-state index contributed by atoms with van der Waals surface area (Å²) in [5, 5.41) is 22.9. The molecule has 2 rings (SSSR count). The molecule has 1 saturated heterocycles. The van der Waals surface area contributed by atoms with Crippen LogP contribution in [0.1, 0.15) is 6.92 Å². The van der Waals surface area contributed by atoms with Crippen LogP contribution in [0.2, 0.25) is 0 Å². The van der Waals surface area contributed by atoms with E-state index in [9.17, 15) is 10.1 Å². The van der Waals surface area contributed by atoms with Gasteiger partial charge in [0.05, 0.1) is 44.3 Å². The monoisotopic (exact) mass is 312 g/mol. The summed E-state index contributed by atoms with van der Waals surface area (Å²) in [4.78, 5) is 22.2. The van der Waals surface area contributed by atoms with Gasteiger partial charge in [-0.2, -0.15) is 9.97 Å². The Morgan fingerprint density at radius 2 is 2.14 bits per heavy atom. The molecule has 22 heavy (non-hydrogen) atoms. The van der Waals surface area contributed by atoms with Crippen LogP contribution in [0.3, 0.4) is 0 Å². The van der Waals surface area contributed by atoms with E-state index in [1.54, 1.807) is 0 Å². The minimum absolute atomic E-state index is 0.0892. The van der Waals surface area contributed by atoms with E-state index in [0.717, 1.165) is 19.6 Å². The van der Waals surface area contributed by atoms with Crippen molar-refractivity contribution in [2.75, 3.05) is 61.8 Å². The first kappa shape index (κ1) is 16.2. The largest absolute Gasteiger partial charge is 0.395 e. The standard InChI is InChI=1S/C12H21N7O3/c1-2-17-4-6-18(7-5-17)11-9(19(21)22)10(13)15-12(16-11)14-3-8-20/h20H,2-8H2,1H3,(H3,13,14,15,16)/p+1. The molecule has 1 aliphatic heterocycles. The van der Waals surface area contributed by atoms with Crippen LogP contribution >= 0.6 is 0 Å². The van der Waals surface area contributed by atoms with Crippen molar-refractivity contribution in [1.82, 2.24) is 9.97 Å². The first-order valence-corrected chi connectivity index (χ1v) is 7.32. The highest BCUT2D eigenvalue weighted by Crippen LogP contribution is 2.31. The first-order chi connectivity index (χ1) is 10.6. The van der Waals surface area contributed by atoms with Crippen molar-refractivity contribution in [3.05, 3.63) is 10.1 Å². The Balaban J connectivity index is 2.30. The molecule has 122 valence electrons. The van der Waals surface area contributed by atoms with Crippen LogP contribution in [-0.2, 0) is 0 Å². The van der Waals surface area contributed by atoms with Gasteiger partial charge in [-0.25, -0.2) is 0 Å². The van der Waals surface area contributed by atoms with E-state index in [4.69, 9.17) is 10.8 Å². The van der Waals surface area contributed by atoms with E-state index in [0.29, 0.717) is 13.1 Å². The fourth-order valence-electron chi connectivity index (χ4n) is 2.49. The predicted octanol–water partition coefficient (Wildman–Crippen LogP) is -1.90. The number of hydrogen-bond donors (Lipinski definition) is 4. The molecular weight excluding hydrogens is 290 g/mol. The van der Waals surface area contributed by atoms with Gasteiger partial charge in [0, 0.05) is 6.54 Å². The van der Waals surface area contributed by atoms with Crippen molar-refractivity contribution in [2.24, 2.45) is 0 Å². The van der Waals surface area contributed by atoms with Crippen molar-refractivity contribution in [1.29, 1.82) is 0 Å². The second-order valence-electron chi connectivity index (χ2n) is 5.10. The normalized spacial score (nSPS) is 15.8. The van der Waals surface area contributed by atoms with Gasteiger partial charge in [0.2, 0.25) is 17.6 Å². The zero-order valence-electron chi connectivity index (χ0n) is 12.6. The Kier molecular flexibility index (Phi) is 5.28. The summed E-state index contributed by atoms with van der Waals surface area (Å²) >= 11 is 0. The smallest absolute Gasteiger partial charge is 0.353 e. The molecule has 1 fully saturated rings. The van der Waals surface area contributed by atoms with Crippen LogP contribution in [0.5, 0.6) is 0 Å². The zero-order chi connectivity index (χ0) is 16.1. The number of hydrogen-bond acceptors (Lipinski definition) is 8. The quantitative estimate of drug-likeness (QED) is 0.353. The third kappa shape index (κ3) is 3.52. The van der Waals surface area contributed by atoms with E-state index in [2.05, 4.69) is 22.2 Å². The number of piperazine rings is 1. The summed E-state index contributed by atoms with van der Waals surface area (Å²) in [6, 6.07) is 0. The molecule has 0 aromatic carbocycles. The molecule has 2 heterocycles. The molecular formula is C12H22N7O3+. The van der Waals surface area contributed by atoms with Gasteiger partial charge in [-0.3, -0.25) is 10.1 Å². The number of aliphatic hydroxyl groups excluding tert-OH is 1. The molecule has 0 radical (unpaired) electrons. The fraction of sp³-hybridized carbons (Fsp3) is 0.667. The highest BCUT2D eigenvalue weighted by Gasteiger charge is 2.30. The maximum absolute atomic E-state index is 11.3. The Bertz CT molecular complexity index is 532. The zero-order valence-corrected chi connectivity index (χ0v) is 12.6. The molecule has 10 heteroatoms. The van der Waals surface area contributed by atoms with E-state index >= 15 is 0 Å². The minimum Gasteiger partial charge on any atom is -0.395 e. The topological polar surface area (TPSA) is 135 Å². The number of anilines is 3. The second-order valence-corrected chi connectivity index (χ2v) is 5.10. The van der Waals surface area contributed by atoms with Crippen molar-refractivity contribution < 1.29 is 14.9 Å². The summed E-state index contributed by atoms with van der Waals surface area (Å²) in [6.07, 6.45) is 0. The van der Waals surface area contributed by atoms with E-state index in [-0.39, 0.29) is 36.4 Å². The SMILES string of the molecule is CC[NH+]1CCN(c2nc(NCCO)nc(N)c2[N+](=O)[O-])CC1. The third-order valence-corrected chi connectivity index (χ3v) is 3.74. The number of likely N-dealkylation sites (N-methyl/N-ethyl adjacent to an activating group) is 1. The van der Waals surface area contributed by atoms with Crippen LogP contribution in [0.15, 0.2) is 0 Å². The number of quaternary nitrogens is 1. The lowest BCUT2D eigenvalue weighted by molar-refractivity contribution is -0.898. The molecule has 5 N–H and O–H groups in total. The molecule has 0 saturated carbocycles. The molecule has 0 spiro atoms. The molecule has 1 aromatic heterocycles. The number of rotatable bonds is 6. The van der Waals surface area contributed by atoms with Crippen molar-refractivity contribution in [2.45, 2.75) is 6.92 Å². The van der Waals surface area contributed by atoms with Gasteiger partial charge in [-0.1, -0.05) is 0 Å². The maximum atomic E-state index is 11.3. The lowest BCUT2D eigenvalue weighted by Crippen LogP contribution is -3.14. The van der Waals surface area contributed by atoms with Crippen LogP contribution in [0, 0.1) is 10.1 Å². The van der Waals surface area contributed by atoms with E-state index in [1.165, 1.54) is 4.90 Å². The molecule has 10 nitrogen and oxygen atoms in total. The number of nitrogens with zero attached hydrogens (tertiary/aromatic N) is 4. The van der Waals surface area contributed by atoms with Crippen LogP contribution in [0.25, 0.3) is 0 Å². The fourth-order valence-corrected chi connectivity index (χ4v) is 2.49. The van der Waals surface area contributed by atoms with E-state index in [1.807, 2.05) is 4.90 Å². The van der Waals surface area contributed by atoms with Gasteiger partial charge < -0.3 is 26.0 Å². The first-order valence-electron chi connectivity index (χ1n) is 7.32. The van der Waals surface area contributed by atoms with Gasteiger partial charge in [-0.15, -0.1) is 0 Å². The summed E-state index contributed by atoms with van der Waals surface area (Å²) < 4.78 is 0. The molecule has 0 bridgehead atoms. The van der Waals surface area contributed by atoms with Gasteiger partial charge >= 0.3 is 5.69 Å². The number of nitrogens with one attached hydrogen (secondary N) is 2. The van der Waals surface area contributed by atoms with Gasteiger partial charge in [0.15, 0.2) is 0 Å². The molecule has 0 aliphatic carbocycles. The Morgan fingerprint density at radius 3 is 2.68 bits per heavy atom. The van der Waals surface area contributed by atoms with Gasteiger partial charge in [0.25, 0.3) is 0 Å². The average molecular weight is 312 g/mol. The summed E-state index contributed by atoms with van der Waals surface area (Å²) in [5.74, 6) is 0.270. The number of aliphatic hydroxyl groups is 1. The molecule has 0 amide bonds. The Labute approximate surface area is 128 Å². The Hall–Kier alpha value is -2.20. The van der Waals surface area contributed by atoms with Crippen LogP contribution < -0.4 is 20.9 Å². The summed E-state index contributed by atoms with van der Waals surface area (Å²) in [5.41, 5.74) is 5.47. The van der Waals surface area contributed by atoms with Crippen LogP contribution in [-0.4, -0.2) is 65.9 Å². The summed E-state index contributed by atoms with van der Waals surface area (Å²) in [7, 11) is 0. The number of aromatic nitrogens is 2. The molecule has 1 aromatic rings. The summed E-state index contributed by atoms with van der Waals surface area (Å²) in [6.45, 7) is 6.48. The number of nitrogens with two attached hydrogens (primary N) is 1. The highest BCUT2D eigenvalue weighted by atomic mass is 16.6. The van der Waals surface area contributed by atoms with Crippen molar-refractivity contribution >= 4 is 23.3 Å².